The number of carbonyl (C=O) groups excluding carboxylic acids is 2. The molecule has 2 aromatic carbocycles. The molecule has 34 heavy (non-hydrogen) atoms. The Morgan fingerprint density at radius 2 is 1.71 bits per heavy atom. The van der Waals surface area contributed by atoms with Gasteiger partial charge in [-0.25, -0.2) is 17.8 Å². The molecule has 3 aromatic rings. The number of aromatic nitrogens is 1. The van der Waals surface area contributed by atoms with Crippen LogP contribution in [-0.2, 0) is 26.0 Å². The molecular formula is C26H30N2O5S. The molecule has 0 saturated heterocycles. The summed E-state index contributed by atoms with van der Waals surface area (Å²) in [7, 11) is -3.92. The minimum atomic E-state index is -3.92. The van der Waals surface area contributed by atoms with Gasteiger partial charge in [0.25, 0.3) is 0 Å². The van der Waals surface area contributed by atoms with Crippen molar-refractivity contribution in [3.8, 4) is 0 Å². The van der Waals surface area contributed by atoms with Gasteiger partial charge in [0.05, 0.1) is 22.1 Å². The van der Waals surface area contributed by atoms with Gasteiger partial charge >= 0.3 is 6.09 Å². The fourth-order valence-corrected chi connectivity index (χ4v) is 6.15. The Balaban J connectivity index is 1.94. The number of Topliss-reactive ketones (excluding diaryl/α,β-unsaturated/α-hetero) is 1. The van der Waals surface area contributed by atoms with Gasteiger partial charge in [-0.15, -0.1) is 0 Å². The molecule has 180 valence electrons. The number of hydrogen-bond donors (Lipinski definition) is 0. The SMILES string of the molecule is CC(=O)CC1c2c(c3ccccc3n2C(=O)OC(C)(C)C)CCN1S(=O)(=O)c1ccc(C)cc1. The lowest BCUT2D eigenvalue weighted by atomic mass is 9.96. The second kappa shape index (κ2) is 8.67. The van der Waals surface area contributed by atoms with Crippen LogP contribution in [0.25, 0.3) is 10.9 Å². The molecule has 0 bridgehead atoms. The molecule has 1 aromatic heterocycles. The molecule has 7 nitrogen and oxygen atoms in total. The lowest BCUT2D eigenvalue weighted by Gasteiger charge is -2.35. The number of para-hydroxylation sites is 1. The summed E-state index contributed by atoms with van der Waals surface area (Å²) in [6.07, 6.45) is -0.212. The molecule has 0 aliphatic carbocycles. The lowest BCUT2D eigenvalue weighted by molar-refractivity contribution is -0.118. The number of hydrogen-bond acceptors (Lipinski definition) is 5. The van der Waals surface area contributed by atoms with Crippen LogP contribution in [0.3, 0.4) is 0 Å². The molecule has 1 atom stereocenters. The maximum Gasteiger partial charge on any atom is 0.419 e. The summed E-state index contributed by atoms with van der Waals surface area (Å²) in [4.78, 5) is 25.9. The van der Waals surface area contributed by atoms with Crippen molar-refractivity contribution in [1.82, 2.24) is 8.87 Å². The first-order valence-corrected chi connectivity index (χ1v) is 12.8. The summed E-state index contributed by atoms with van der Waals surface area (Å²) in [6, 6.07) is 13.3. The van der Waals surface area contributed by atoms with Crippen LogP contribution >= 0.6 is 0 Å². The van der Waals surface area contributed by atoms with Crippen LogP contribution < -0.4 is 0 Å². The molecule has 1 aliphatic heterocycles. The quantitative estimate of drug-likeness (QED) is 0.522. The molecule has 2 heterocycles. The van der Waals surface area contributed by atoms with Gasteiger partial charge in [-0.2, -0.15) is 4.31 Å². The second-order valence-corrected chi connectivity index (χ2v) is 11.7. The fourth-order valence-electron chi connectivity index (χ4n) is 4.56. The number of carbonyl (C=O) groups is 2. The first-order chi connectivity index (χ1) is 15.9. The Morgan fingerprint density at radius 1 is 1.06 bits per heavy atom. The highest BCUT2D eigenvalue weighted by atomic mass is 32.2. The maximum absolute atomic E-state index is 13.7. The van der Waals surface area contributed by atoms with Crippen LogP contribution in [0.5, 0.6) is 0 Å². The summed E-state index contributed by atoms with van der Waals surface area (Å²) in [5.41, 5.74) is 2.24. The number of fused-ring (bicyclic) bond motifs is 3. The third-order valence-corrected chi connectivity index (χ3v) is 7.87. The van der Waals surface area contributed by atoms with E-state index in [4.69, 9.17) is 4.74 Å². The Kier molecular flexibility index (Phi) is 6.16. The van der Waals surface area contributed by atoms with Crippen LogP contribution in [0, 0.1) is 6.92 Å². The normalized spacial score (nSPS) is 16.9. The minimum absolute atomic E-state index is 0.0444. The minimum Gasteiger partial charge on any atom is -0.443 e. The van der Waals surface area contributed by atoms with Crippen LogP contribution in [-0.4, -0.2) is 41.3 Å². The van der Waals surface area contributed by atoms with Crippen LogP contribution in [0.4, 0.5) is 4.79 Å². The zero-order valence-corrected chi connectivity index (χ0v) is 21.0. The van der Waals surface area contributed by atoms with Crippen molar-refractivity contribution in [3.63, 3.8) is 0 Å². The number of sulfonamides is 1. The van der Waals surface area contributed by atoms with E-state index in [1.165, 1.54) is 15.8 Å². The van der Waals surface area contributed by atoms with Gasteiger partial charge < -0.3 is 4.74 Å². The van der Waals surface area contributed by atoms with E-state index in [9.17, 15) is 18.0 Å². The van der Waals surface area contributed by atoms with E-state index in [1.807, 2.05) is 31.2 Å². The highest BCUT2D eigenvalue weighted by Crippen LogP contribution is 2.41. The summed E-state index contributed by atoms with van der Waals surface area (Å²) < 4.78 is 35.9. The van der Waals surface area contributed by atoms with Crippen LogP contribution in [0.2, 0.25) is 0 Å². The zero-order valence-electron chi connectivity index (χ0n) is 20.2. The van der Waals surface area contributed by atoms with Gasteiger partial charge in [-0.1, -0.05) is 35.9 Å². The van der Waals surface area contributed by atoms with E-state index in [0.717, 1.165) is 16.5 Å². The van der Waals surface area contributed by atoms with Crippen molar-refractivity contribution in [2.75, 3.05) is 6.54 Å². The molecule has 0 amide bonds. The van der Waals surface area contributed by atoms with Crippen molar-refractivity contribution in [2.24, 2.45) is 0 Å². The number of benzene rings is 2. The molecule has 0 radical (unpaired) electrons. The molecule has 0 N–H and O–H groups in total. The van der Waals surface area contributed by atoms with E-state index in [0.29, 0.717) is 17.6 Å². The van der Waals surface area contributed by atoms with Crippen LogP contribution in [0.1, 0.15) is 57.0 Å². The van der Waals surface area contributed by atoms with Gasteiger partial charge in [-0.05, 0) is 64.8 Å². The highest BCUT2D eigenvalue weighted by molar-refractivity contribution is 7.89. The first kappa shape index (κ1) is 24.2. The Hall–Kier alpha value is -2.97. The Bertz CT molecular complexity index is 1360. The number of nitrogens with zero attached hydrogens (tertiary/aromatic N) is 2. The number of ketones is 1. The molecule has 0 fully saturated rings. The average Bonchev–Trinajstić information content (AvgIpc) is 3.08. The maximum atomic E-state index is 13.7. The Labute approximate surface area is 200 Å². The van der Waals surface area contributed by atoms with Gasteiger partial charge in [0.1, 0.15) is 11.4 Å². The smallest absolute Gasteiger partial charge is 0.419 e. The molecule has 1 unspecified atom stereocenters. The predicted molar refractivity (Wildman–Crippen MR) is 130 cm³/mol. The van der Waals surface area contributed by atoms with Gasteiger partial charge in [0, 0.05) is 18.4 Å². The second-order valence-electron chi connectivity index (χ2n) is 9.80. The molecule has 8 heteroatoms. The van der Waals surface area contributed by atoms with Crippen LogP contribution in [0.15, 0.2) is 53.4 Å². The number of rotatable bonds is 4. The third-order valence-electron chi connectivity index (χ3n) is 5.95. The van der Waals surface area contributed by atoms with Crippen molar-refractivity contribution < 1.29 is 22.7 Å². The molecule has 0 saturated carbocycles. The largest absolute Gasteiger partial charge is 0.443 e. The molecule has 0 spiro atoms. The average molecular weight is 483 g/mol. The van der Waals surface area contributed by atoms with E-state index >= 15 is 0 Å². The van der Waals surface area contributed by atoms with E-state index in [1.54, 1.807) is 45.0 Å². The van der Waals surface area contributed by atoms with Gasteiger partial charge in [0.2, 0.25) is 10.0 Å². The van der Waals surface area contributed by atoms with Gasteiger partial charge in [0.15, 0.2) is 0 Å². The zero-order chi connectivity index (χ0) is 24.8. The molecule has 1 aliphatic rings. The van der Waals surface area contributed by atoms with E-state index in [2.05, 4.69) is 0 Å². The summed E-state index contributed by atoms with van der Waals surface area (Å²) in [6.45, 7) is 8.88. The lowest BCUT2D eigenvalue weighted by Crippen LogP contribution is -2.42. The summed E-state index contributed by atoms with van der Waals surface area (Å²) >= 11 is 0. The predicted octanol–water partition coefficient (Wildman–Crippen LogP) is 5.00. The molecule has 4 rings (SSSR count). The monoisotopic (exact) mass is 482 g/mol. The first-order valence-electron chi connectivity index (χ1n) is 11.3. The van der Waals surface area contributed by atoms with Crippen molar-refractivity contribution in [3.05, 3.63) is 65.4 Å². The van der Waals surface area contributed by atoms with E-state index in [-0.39, 0.29) is 23.6 Å². The third kappa shape index (κ3) is 4.40. The highest BCUT2D eigenvalue weighted by Gasteiger charge is 2.41. The van der Waals surface area contributed by atoms with Crippen molar-refractivity contribution in [1.29, 1.82) is 0 Å². The summed E-state index contributed by atoms with van der Waals surface area (Å²) in [5, 5.41) is 0.865. The number of aryl methyl sites for hydroxylation is 1. The number of ether oxygens (including phenoxy) is 1. The molecular weight excluding hydrogens is 452 g/mol. The van der Waals surface area contributed by atoms with E-state index < -0.39 is 27.8 Å². The standard InChI is InChI=1S/C26H30N2O5S/c1-17-10-12-19(13-11-17)34(31,32)27-15-14-21-20-8-6-7-9-22(20)28(25(30)33-26(3,4)5)24(21)23(27)16-18(2)29/h6-13,23H,14-16H2,1-5H3. The fraction of sp³-hybridized carbons (Fsp3) is 0.385. The van der Waals surface area contributed by atoms with Gasteiger partial charge in [-0.3, -0.25) is 4.79 Å². The summed E-state index contributed by atoms with van der Waals surface area (Å²) in [5.74, 6) is -0.164. The Morgan fingerprint density at radius 3 is 2.32 bits per heavy atom. The van der Waals surface area contributed by atoms with Crippen molar-refractivity contribution in [2.45, 2.75) is 64.0 Å². The van der Waals surface area contributed by atoms with Crippen molar-refractivity contribution >= 4 is 32.8 Å². The topological polar surface area (TPSA) is 85.7 Å².